The molecule has 0 atom stereocenters. The zero-order valence-corrected chi connectivity index (χ0v) is 26.3. The number of unbranched alkanes of at least 4 members (excludes halogenated alkanes) is 1. The lowest BCUT2D eigenvalue weighted by molar-refractivity contribution is 0.0208. The SMILES string of the molecule is CC1=C(N(C(=O)OC(C)(C)C)C2CCCCC2)/C(=C/C=C2\Cc3cc(C#N)ccc3N2CCCCS(=O)(=O)O)CCC1. The van der Waals surface area contributed by atoms with Gasteiger partial charge in [-0.25, -0.2) is 4.79 Å². The van der Waals surface area contributed by atoms with Gasteiger partial charge in [0, 0.05) is 36.1 Å². The van der Waals surface area contributed by atoms with Crippen LogP contribution in [0.1, 0.15) is 103 Å². The smallest absolute Gasteiger partial charge is 0.415 e. The fourth-order valence-electron chi connectivity index (χ4n) is 6.32. The van der Waals surface area contributed by atoms with Crippen LogP contribution in [-0.2, 0) is 21.3 Å². The van der Waals surface area contributed by atoms with Crippen molar-refractivity contribution in [1.29, 1.82) is 5.26 Å². The van der Waals surface area contributed by atoms with E-state index in [1.165, 1.54) is 12.0 Å². The normalized spacial score (nSPS) is 20.1. The molecule has 0 aromatic heterocycles. The van der Waals surface area contributed by atoms with Gasteiger partial charge in [-0.2, -0.15) is 13.7 Å². The summed E-state index contributed by atoms with van der Waals surface area (Å²) in [5, 5.41) is 9.44. The topological polar surface area (TPSA) is 111 Å². The molecular weight excluding hydrogens is 550 g/mol. The molecule has 1 aliphatic heterocycles. The van der Waals surface area contributed by atoms with Crippen LogP contribution in [0.25, 0.3) is 0 Å². The molecule has 1 N–H and O–H groups in total. The largest absolute Gasteiger partial charge is 0.443 e. The lowest BCUT2D eigenvalue weighted by Gasteiger charge is -2.39. The first-order valence-electron chi connectivity index (χ1n) is 15.2. The van der Waals surface area contributed by atoms with E-state index in [1.54, 1.807) is 6.07 Å². The van der Waals surface area contributed by atoms with Crippen molar-refractivity contribution in [1.82, 2.24) is 4.90 Å². The number of ether oxygens (including phenoxy) is 1. The number of carbonyl (C=O) groups excluding carboxylic acids is 1. The first kappa shape index (κ1) is 31.8. The molecular formula is C33H45N3O5S. The van der Waals surface area contributed by atoms with Crippen LogP contribution in [0.3, 0.4) is 0 Å². The molecule has 8 nitrogen and oxygen atoms in total. The average Bonchev–Trinajstić information content (AvgIpc) is 3.26. The molecule has 228 valence electrons. The lowest BCUT2D eigenvalue weighted by Crippen LogP contribution is -2.44. The van der Waals surface area contributed by atoms with Crippen LogP contribution in [-0.4, -0.2) is 47.9 Å². The number of carbonyl (C=O) groups is 1. The molecule has 0 saturated heterocycles. The second-order valence-electron chi connectivity index (χ2n) is 12.8. The van der Waals surface area contributed by atoms with Crippen molar-refractivity contribution in [3.63, 3.8) is 0 Å². The van der Waals surface area contributed by atoms with Crippen LogP contribution >= 0.6 is 0 Å². The first-order valence-corrected chi connectivity index (χ1v) is 16.8. The van der Waals surface area contributed by atoms with Crippen molar-refractivity contribution in [2.75, 3.05) is 17.2 Å². The van der Waals surface area contributed by atoms with Gasteiger partial charge in [0.2, 0.25) is 0 Å². The molecule has 1 saturated carbocycles. The van der Waals surface area contributed by atoms with Crippen LogP contribution in [0.4, 0.5) is 10.5 Å². The summed E-state index contributed by atoms with van der Waals surface area (Å²) >= 11 is 0. The quantitative estimate of drug-likeness (QED) is 0.246. The molecule has 0 bridgehead atoms. The molecule has 0 unspecified atom stereocenters. The summed E-state index contributed by atoms with van der Waals surface area (Å²) in [6.07, 6.45) is 13.8. The number of nitriles is 1. The highest BCUT2D eigenvalue weighted by Crippen LogP contribution is 2.39. The maximum absolute atomic E-state index is 13.7. The van der Waals surface area contributed by atoms with E-state index in [-0.39, 0.29) is 17.9 Å². The monoisotopic (exact) mass is 595 g/mol. The van der Waals surface area contributed by atoms with Gasteiger partial charge in [-0.1, -0.05) is 25.3 Å². The number of benzene rings is 1. The molecule has 1 fully saturated rings. The van der Waals surface area contributed by atoms with Crippen LogP contribution in [0.5, 0.6) is 0 Å². The summed E-state index contributed by atoms with van der Waals surface area (Å²) in [5.74, 6) is -0.265. The third-order valence-corrected chi connectivity index (χ3v) is 9.01. The Bertz CT molecular complexity index is 1410. The van der Waals surface area contributed by atoms with Crippen LogP contribution in [0, 0.1) is 11.3 Å². The summed E-state index contributed by atoms with van der Waals surface area (Å²) in [6.45, 7) is 8.46. The van der Waals surface area contributed by atoms with E-state index in [0.29, 0.717) is 31.4 Å². The van der Waals surface area contributed by atoms with Crippen molar-refractivity contribution < 1.29 is 22.5 Å². The predicted octanol–water partition coefficient (Wildman–Crippen LogP) is 7.43. The fraction of sp³-hybridized carbons (Fsp3) is 0.576. The summed E-state index contributed by atoms with van der Waals surface area (Å²) in [5.41, 5.74) is 6.48. The van der Waals surface area contributed by atoms with E-state index in [1.807, 2.05) is 37.8 Å². The number of hydrogen-bond donors (Lipinski definition) is 1. The fourth-order valence-corrected chi connectivity index (χ4v) is 6.89. The van der Waals surface area contributed by atoms with Gasteiger partial charge >= 0.3 is 6.09 Å². The van der Waals surface area contributed by atoms with Gasteiger partial charge in [-0.3, -0.25) is 9.45 Å². The van der Waals surface area contributed by atoms with Crippen LogP contribution in [0.2, 0.25) is 0 Å². The Morgan fingerprint density at radius 2 is 1.88 bits per heavy atom. The standard InChI is InChI=1S/C33H45N3O5S/c1-24-11-10-12-26(31(24)36(28-13-6-5-7-14-28)32(37)41-33(2,3)4)16-17-29-22-27-21-25(23-34)15-18-30(27)35(29)19-8-9-20-42(38,39)40/h15-18,21,28H,5-14,19-20,22H2,1-4H3,(H,38,39,40)/b26-16+,29-17+. The lowest BCUT2D eigenvalue weighted by atomic mass is 9.88. The number of fused-ring (bicyclic) bond motifs is 1. The number of rotatable bonds is 8. The number of allylic oxidation sites excluding steroid dienone is 5. The number of hydrogen-bond acceptors (Lipinski definition) is 6. The van der Waals surface area contributed by atoms with E-state index < -0.39 is 15.7 Å². The number of nitrogens with zero attached hydrogens (tertiary/aromatic N) is 3. The maximum Gasteiger partial charge on any atom is 0.415 e. The third-order valence-electron chi connectivity index (χ3n) is 8.21. The molecule has 0 spiro atoms. The van der Waals surface area contributed by atoms with E-state index in [2.05, 4.69) is 30.0 Å². The maximum atomic E-state index is 13.7. The van der Waals surface area contributed by atoms with Gasteiger partial charge in [0.1, 0.15) is 5.60 Å². The summed E-state index contributed by atoms with van der Waals surface area (Å²) in [6, 6.07) is 8.01. The summed E-state index contributed by atoms with van der Waals surface area (Å²) < 4.78 is 37.6. The van der Waals surface area contributed by atoms with Crippen LogP contribution in [0.15, 0.2) is 52.9 Å². The number of amides is 1. The van der Waals surface area contributed by atoms with Gasteiger partial charge in [0.05, 0.1) is 17.4 Å². The first-order chi connectivity index (χ1) is 19.9. The highest BCUT2D eigenvalue weighted by Gasteiger charge is 2.35. The Balaban J connectivity index is 1.68. The van der Waals surface area contributed by atoms with Crippen molar-refractivity contribution >= 4 is 21.9 Å². The van der Waals surface area contributed by atoms with Gasteiger partial charge in [0.25, 0.3) is 10.1 Å². The summed E-state index contributed by atoms with van der Waals surface area (Å²) in [4.78, 5) is 17.9. The second-order valence-corrected chi connectivity index (χ2v) is 14.3. The van der Waals surface area contributed by atoms with Gasteiger partial charge < -0.3 is 9.64 Å². The Morgan fingerprint density at radius 1 is 1.14 bits per heavy atom. The minimum absolute atomic E-state index is 0.118. The predicted molar refractivity (Wildman–Crippen MR) is 166 cm³/mol. The molecule has 2 aliphatic carbocycles. The minimum atomic E-state index is -4.00. The van der Waals surface area contributed by atoms with E-state index in [0.717, 1.165) is 73.2 Å². The minimum Gasteiger partial charge on any atom is -0.443 e. The third kappa shape index (κ3) is 8.26. The number of anilines is 1. The molecule has 42 heavy (non-hydrogen) atoms. The average molecular weight is 596 g/mol. The zero-order valence-electron chi connectivity index (χ0n) is 25.5. The summed E-state index contributed by atoms with van der Waals surface area (Å²) in [7, 11) is -4.00. The molecule has 0 radical (unpaired) electrons. The van der Waals surface area contributed by atoms with E-state index in [9.17, 15) is 18.5 Å². The molecule has 1 aromatic carbocycles. The van der Waals surface area contributed by atoms with E-state index in [4.69, 9.17) is 9.29 Å². The van der Waals surface area contributed by atoms with Crippen molar-refractivity contribution in [3.05, 3.63) is 64.0 Å². The van der Waals surface area contributed by atoms with Gasteiger partial charge in [-0.05, 0) is 114 Å². The van der Waals surface area contributed by atoms with Crippen molar-refractivity contribution in [2.45, 2.75) is 110 Å². The highest BCUT2D eigenvalue weighted by molar-refractivity contribution is 7.85. The van der Waals surface area contributed by atoms with Gasteiger partial charge in [0.15, 0.2) is 0 Å². The Labute approximate surface area is 251 Å². The molecule has 1 aromatic rings. The Kier molecular flexibility index (Phi) is 10.2. The van der Waals surface area contributed by atoms with E-state index >= 15 is 0 Å². The molecule has 9 heteroatoms. The Morgan fingerprint density at radius 3 is 2.55 bits per heavy atom. The molecule has 4 rings (SSSR count). The second kappa shape index (κ2) is 13.5. The molecule has 1 heterocycles. The van der Waals surface area contributed by atoms with Crippen molar-refractivity contribution in [2.24, 2.45) is 0 Å². The molecule has 3 aliphatic rings. The zero-order chi connectivity index (χ0) is 30.5. The molecule has 1 amide bonds. The highest BCUT2D eigenvalue weighted by atomic mass is 32.2. The van der Waals surface area contributed by atoms with Crippen LogP contribution < -0.4 is 4.90 Å². The van der Waals surface area contributed by atoms with Gasteiger partial charge in [-0.15, -0.1) is 0 Å². The van der Waals surface area contributed by atoms with Crippen molar-refractivity contribution in [3.8, 4) is 6.07 Å². The Hall–Kier alpha value is -3.09.